The van der Waals surface area contributed by atoms with Crippen LogP contribution in [0.2, 0.25) is 5.02 Å². The van der Waals surface area contributed by atoms with E-state index in [4.69, 9.17) is 20.8 Å². The summed E-state index contributed by atoms with van der Waals surface area (Å²) in [4.78, 5) is 34.5. The molecule has 168 valence electrons. The molecule has 2 aromatic carbocycles. The van der Waals surface area contributed by atoms with Crippen LogP contribution in [0.3, 0.4) is 0 Å². The lowest BCUT2D eigenvalue weighted by molar-refractivity contribution is 0.0971. The number of fused-ring (bicyclic) bond motifs is 2. The molecule has 0 saturated carbocycles. The first-order chi connectivity index (χ1) is 15.9. The van der Waals surface area contributed by atoms with Crippen LogP contribution in [-0.2, 0) is 0 Å². The first-order valence-electron chi connectivity index (χ1n) is 10.7. The fourth-order valence-corrected chi connectivity index (χ4v) is 5.12. The number of aryl methyl sites for hydroxylation is 2. The van der Waals surface area contributed by atoms with Gasteiger partial charge in [-0.2, -0.15) is 0 Å². The summed E-state index contributed by atoms with van der Waals surface area (Å²) in [6.07, 6.45) is 0.870. The molecular formula is C25H21ClN2O4S. The summed E-state index contributed by atoms with van der Waals surface area (Å²) < 4.78 is 11.8. The number of anilines is 1. The minimum Gasteiger partial charge on any atom is -0.494 e. The number of hydrogen-bond acceptors (Lipinski definition) is 6. The van der Waals surface area contributed by atoms with Crippen molar-refractivity contribution >= 4 is 44.9 Å². The third-order valence-corrected chi connectivity index (χ3v) is 7.01. The average molecular weight is 481 g/mol. The number of ether oxygens (including phenoxy) is 1. The van der Waals surface area contributed by atoms with Gasteiger partial charge in [-0.05, 0) is 56.2 Å². The van der Waals surface area contributed by atoms with Crippen molar-refractivity contribution < 1.29 is 13.9 Å². The summed E-state index contributed by atoms with van der Waals surface area (Å²) in [6.45, 7) is 6.46. The topological polar surface area (TPSA) is 72.6 Å². The molecule has 4 aromatic rings. The van der Waals surface area contributed by atoms with E-state index in [1.165, 1.54) is 11.3 Å². The fraction of sp³-hybridized carbons (Fsp3) is 0.240. The second-order valence-electron chi connectivity index (χ2n) is 7.95. The molecule has 1 amide bonds. The second kappa shape index (κ2) is 8.32. The van der Waals surface area contributed by atoms with Gasteiger partial charge in [-0.25, -0.2) is 4.98 Å². The van der Waals surface area contributed by atoms with Crippen LogP contribution in [0.15, 0.2) is 51.7 Å². The maximum atomic E-state index is 13.7. The van der Waals surface area contributed by atoms with Gasteiger partial charge in [-0.1, -0.05) is 30.7 Å². The van der Waals surface area contributed by atoms with Crippen LogP contribution < -0.4 is 15.1 Å². The van der Waals surface area contributed by atoms with E-state index in [1.54, 1.807) is 23.1 Å². The Balaban J connectivity index is 1.76. The summed E-state index contributed by atoms with van der Waals surface area (Å²) in [6, 6.07) is 11.6. The van der Waals surface area contributed by atoms with Gasteiger partial charge in [0.05, 0.1) is 29.3 Å². The molecule has 0 radical (unpaired) electrons. The Morgan fingerprint density at radius 3 is 2.73 bits per heavy atom. The van der Waals surface area contributed by atoms with E-state index in [0.29, 0.717) is 33.5 Å². The molecular weight excluding hydrogens is 460 g/mol. The van der Waals surface area contributed by atoms with E-state index in [9.17, 15) is 9.59 Å². The molecule has 2 aromatic heterocycles. The molecule has 1 aliphatic heterocycles. The van der Waals surface area contributed by atoms with Crippen molar-refractivity contribution in [1.82, 2.24) is 4.98 Å². The number of carbonyl (C=O) groups excluding carboxylic acids is 1. The van der Waals surface area contributed by atoms with Crippen molar-refractivity contribution in [1.29, 1.82) is 0 Å². The van der Waals surface area contributed by atoms with Crippen LogP contribution >= 0.6 is 22.9 Å². The number of nitrogens with zero attached hydrogens (tertiary/aromatic N) is 2. The van der Waals surface area contributed by atoms with Crippen molar-refractivity contribution in [2.24, 2.45) is 0 Å². The molecule has 5 rings (SSSR count). The minimum atomic E-state index is -0.692. The van der Waals surface area contributed by atoms with Gasteiger partial charge < -0.3 is 9.15 Å². The van der Waals surface area contributed by atoms with Crippen molar-refractivity contribution in [3.8, 4) is 5.75 Å². The summed E-state index contributed by atoms with van der Waals surface area (Å²) in [5, 5.41) is 1.28. The Hall–Kier alpha value is -3.16. The lowest BCUT2D eigenvalue weighted by Gasteiger charge is -2.23. The number of thiazole rings is 1. The van der Waals surface area contributed by atoms with Gasteiger partial charge in [0.1, 0.15) is 11.3 Å². The van der Waals surface area contributed by atoms with Gasteiger partial charge in [-0.15, -0.1) is 11.3 Å². The van der Waals surface area contributed by atoms with Crippen LogP contribution in [0, 0.1) is 13.8 Å². The van der Waals surface area contributed by atoms with Crippen LogP contribution in [0.25, 0.3) is 11.0 Å². The molecule has 0 saturated heterocycles. The van der Waals surface area contributed by atoms with E-state index in [0.717, 1.165) is 22.6 Å². The quantitative estimate of drug-likeness (QED) is 0.347. The van der Waals surface area contributed by atoms with Gasteiger partial charge in [-0.3, -0.25) is 14.5 Å². The van der Waals surface area contributed by atoms with E-state index >= 15 is 0 Å². The SMILES string of the molecule is CCCOc1cccc([C@@H]2c3c(oc4ccc(Cl)cc4c3=O)C(=O)N2c2nc(C)c(C)s2)c1. The van der Waals surface area contributed by atoms with Gasteiger partial charge in [0, 0.05) is 9.90 Å². The highest BCUT2D eigenvalue weighted by atomic mass is 35.5. The van der Waals surface area contributed by atoms with Crippen LogP contribution in [0.1, 0.15) is 51.6 Å². The molecule has 3 heterocycles. The maximum absolute atomic E-state index is 13.7. The Kier molecular flexibility index (Phi) is 5.46. The zero-order valence-electron chi connectivity index (χ0n) is 18.3. The molecule has 0 fully saturated rings. The maximum Gasteiger partial charge on any atom is 0.297 e. The molecule has 6 nitrogen and oxygen atoms in total. The lowest BCUT2D eigenvalue weighted by Crippen LogP contribution is -2.29. The van der Waals surface area contributed by atoms with Crippen molar-refractivity contribution in [2.75, 3.05) is 11.5 Å². The van der Waals surface area contributed by atoms with Gasteiger partial charge in [0.2, 0.25) is 5.76 Å². The Labute approximate surface area is 199 Å². The highest BCUT2D eigenvalue weighted by Crippen LogP contribution is 2.43. The van der Waals surface area contributed by atoms with Crippen molar-refractivity contribution in [2.45, 2.75) is 33.2 Å². The molecule has 0 unspecified atom stereocenters. The normalized spacial score (nSPS) is 15.3. The predicted molar refractivity (Wildman–Crippen MR) is 130 cm³/mol. The molecule has 0 bridgehead atoms. The Morgan fingerprint density at radius 2 is 2.00 bits per heavy atom. The van der Waals surface area contributed by atoms with Gasteiger partial charge in [0.25, 0.3) is 5.91 Å². The van der Waals surface area contributed by atoms with Gasteiger partial charge in [0.15, 0.2) is 10.6 Å². The summed E-state index contributed by atoms with van der Waals surface area (Å²) in [7, 11) is 0. The number of halogens is 1. The molecule has 0 aliphatic carbocycles. The number of amides is 1. The minimum absolute atomic E-state index is 0.0326. The van der Waals surface area contributed by atoms with E-state index in [2.05, 4.69) is 4.98 Å². The smallest absolute Gasteiger partial charge is 0.297 e. The number of aromatic nitrogens is 1. The average Bonchev–Trinajstić information content (AvgIpc) is 3.29. The predicted octanol–water partition coefficient (Wildman–Crippen LogP) is 6.06. The highest BCUT2D eigenvalue weighted by Gasteiger charge is 2.45. The molecule has 0 N–H and O–H groups in total. The summed E-state index contributed by atoms with van der Waals surface area (Å²) in [5.74, 6) is 0.317. The van der Waals surface area contributed by atoms with Crippen molar-refractivity contribution in [3.05, 3.63) is 85.2 Å². The van der Waals surface area contributed by atoms with Crippen LogP contribution in [0.4, 0.5) is 5.13 Å². The third-order valence-electron chi connectivity index (χ3n) is 5.70. The zero-order valence-corrected chi connectivity index (χ0v) is 19.9. The molecule has 0 spiro atoms. The molecule has 33 heavy (non-hydrogen) atoms. The molecule has 1 aliphatic rings. The van der Waals surface area contributed by atoms with Crippen LogP contribution in [-0.4, -0.2) is 17.5 Å². The zero-order chi connectivity index (χ0) is 23.3. The number of hydrogen-bond donors (Lipinski definition) is 0. The summed E-state index contributed by atoms with van der Waals surface area (Å²) >= 11 is 7.57. The van der Waals surface area contributed by atoms with Gasteiger partial charge >= 0.3 is 0 Å². The standard InChI is InChI=1S/C25H21ClN2O4S/c1-4-10-31-17-7-5-6-15(11-17)21-20-22(29)18-12-16(26)8-9-19(18)32-23(20)24(30)28(21)25-27-13(2)14(3)33-25/h5-9,11-12,21H,4,10H2,1-3H3/t21-/m1/s1. The number of carbonyl (C=O) groups is 1. The highest BCUT2D eigenvalue weighted by molar-refractivity contribution is 7.15. The summed E-state index contributed by atoms with van der Waals surface area (Å²) in [5.41, 5.74) is 1.92. The largest absolute Gasteiger partial charge is 0.494 e. The Morgan fingerprint density at radius 1 is 1.18 bits per heavy atom. The van der Waals surface area contributed by atoms with E-state index < -0.39 is 11.9 Å². The third kappa shape index (κ3) is 3.61. The number of benzene rings is 2. The lowest BCUT2D eigenvalue weighted by atomic mass is 9.98. The van der Waals surface area contributed by atoms with Crippen molar-refractivity contribution in [3.63, 3.8) is 0 Å². The first-order valence-corrected chi connectivity index (χ1v) is 11.8. The molecule has 8 heteroatoms. The second-order valence-corrected chi connectivity index (χ2v) is 9.57. The first kappa shape index (κ1) is 21.7. The Bertz CT molecular complexity index is 1440. The monoisotopic (exact) mass is 480 g/mol. The molecule has 1 atom stereocenters. The van der Waals surface area contributed by atoms with E-state index in [1.807, 2.05) is 45.0 Å². The fourth-order valence-electron chi connectivity index (χ4n) is 4.01. The number of rotatable bonds is 5. The van der Waals surface area contributed by atoms with E-state index in [-0.39, 0.29) is 16.8 Å². The van der Waals surface area contributed by atoms with Crippen LogP contribution in [0.5, 0.6) is 5.75 Å².